The van der Waals surface area contributed by atoms with E-state index in [1.54, 1.807) is 0 Å². The Bertz CT molecular complexity index is 117. The summed E-state index contributed by atoms with van der Waals surface area (Å²) in [4.78, 5) is 10.2. The molecule has 0 aliphatic rings. The first kappa shape index (κ1) is 10.4. The average Bonchev–Trinajstić information content (AvgIpc) is 1.97. The molecule has 0 fully saturated rings. The van der Waals surface area contributed by atoms with E-state index in [0.717, 1.165) is 25.8 Å². The molecule has 0 saturated carbocycles. The van der Waals surface area contributed by atoms with Crippen molar-refractivity contribution in [3.8, 4) is 0 Å². The number of carboxylic acids is 1. The van der Waals surface area contributed by atoms with Crippen LogP contribution in [0.4, 0.5) is 0 Å². The Kier molecular flexibility index (Phi) is 5.78. The summed E-state index contributed by atoms with van der Waals surface area (Å²) in [7, 11) is 0. The fourth-order valence-electron chi connectivity index (χ4n) is 0.862. The first-order chi connectivity index (χ1) is 5.18. The van der Waals surface area contributed by atoms with E-state index in [9.17, 15) is 9.90 Å². The zero-order valence-corrected chi connectivity index (χ0v) is 6.84. The second-order valence-electron chi connectivity index (χ2n) is 2.72. The van der Waals surface area contributed by atoms with Gasteiger partial charge in [-0.3, -0.25) is 0 Å². The Morgan fingerprint density at radius 1 is 1.36 bits per heavy atom. The number of carbonyl (C=O) groups excluding carboxylic acids is 1. The maximum absolute atomic E-state index is 10.2. The largest absolute Gasteiger partial charge is 0.544 e. The molecule has 0 aromatic heterocycles. The third kappa shape index (κ3) is 5.82. The highest BCUT2D eigenvalue weighted by molar-refractivity contribution is 5.68. The van der Waals surface area contributed by atoms with Crippen LogP contribution >= 0.6 is 0 Å². The average molecular weight is 161 g/mol. The van der Waals surface area contributed by atoms with Crippen LogP contribution in [0.5, 0.6) is 0 Å². The van der Waals surface area contributed by atoms with Crippen LogP contribution in [0.25, 0.3) is 0 Å². The number of quaternary nitrogens is 2. The predicted molar refractivity (Wildman–Crippen MR) is 37.9 cm³/mol. The molecule has 0 heterocycles. The second-order valence-corrected chi connectivity index (χ2v) is 2.72. The van der Waals surface area contributed by atoms with Gasteiger partial charge in [0.2, 0.25) is 0 Å². The highest BCUT2D eigenvalue weighted by Gasteiger charge is 2.05. The standard InChI is InChI=1S/C7H16N2O2/c8-5-3-1-2-4-6(9)7(10)11/h6H,1-5,8-9H2,(H,10,11)/p+1/t6-/m0/s1. The third-order valence-electron chi connectivity index (χ3n) is 1.64. The van der Waals surface area contributed by atoms with Crippen molar-refractivity contribution >= 4 is 5.97 Å². The lowest BCUT2D eigenvalue weighted by Gasteiger charge is -2.07. The summed E-state index contributed by atoms with van der Waals surface area (Å²) < 4.78 is 0. The summed E-state index contributed by atoms with van der Waals surface area (Å²) in [5, 5.41) is 10.2. The number of carbonyl (C=O) groups is 1. The Morgan fingerprint density at radius 2 is 2.00 bits per heavy atom. The lowest BCUT2D eigenvalue weighted by molar-refractivity contribution is -0.438. The lowest BCUT2D eigenvalue weighted by atomic mass is 10.1. The third-order valence-corrected chi connectivity index (χ3v) is 1.64. The van der Waals surface area contributed by atoms with Crippen molar-refractivity contribution in [3.05, 3.63) is 0 Å². The molecule has 0 amide bonds. The number of aliphatic carboxylic acids is 1. The van der Waals surface area contributed by atoms with Gasteiger partial charge in [0.1, 0.15) is 6.04 Å². The lowest BCUT2D eigenvalue weighted by Crippen LogP contribution is -2.68. The van der Waals surface area contributed by atoms with Crippen molar-refractivity contribution in [2.75, 3.05) is 6.54 Å². The molecule has 0 spiro atoms. The Labute approximate surface area is 66.6 Å². The molecule has 0 aliphatic carbocycles. The van der Waals surface area contributed by atoms with E-state index >= 15 is 0 Å². The van der Waals surface area contributed by atoms with E-state index in [0.29, 0.717) is 6.42 Å². The molecule has 66 valence electrons. The monoisotopic (exact) mass is 161 g/mol. The highest BCUT2D eigenvalue weighted by Crippen LogP contribution is 1.99. The van der Waals surface area contributed by atoms with E-state index in [2.05, 4.69) is 11.5 Å². The Hall–Kier alpha value is -0.610. The molecule has 0 rings (SSSR count). The summed E-state index contributed by atoms with van der Waals surface area (Å²) in [5.74, 6) is -1.04. The van der Waals surface area contributed by atoms with Crippen LogP contribution in [-0.4, -0.2) is 18.6 Å². The molecule has 11 heavy (non-hydrogen) atoms. The number of hydrogen-bond acceptors (Lipinski definition) is 2. The van der Waals surface area contributed by atoms with Gasteiger partial charge in [0, 0.05) is 6.42 Å². The summed E-state index contributed by atoms with van der Waals surface area (Å²) in [6.07, 6.45) is 3.66. The maximum Gasteiger partial charge on any atom is 0.124 e. The van der Waals surface area contributed by atoms with Gasteiger partial charge in [-0.2, -0.15) is 0 Å². The van der Waals surface area contributed by atoms with Crippen molar-refractivity contribution in [2.24, 2.45) is 0 Å². The van der Waals surface area contributed by atoms with Crippen LogP contribution in [0.3, 0.4) is 0 Å². The van der Waals surface area contributed by atoms with Crippen molar-refractivity contribution in [1.29, 1.82) is 0 Å². The minimum absolute atomic E-state index is 0.542. The molecule has 1 atom stereocenters. The molecular weight excluding hydrogens is 144 g/mol. The van der Waals surface area contributed by atoms with Gasteiger partial charge in [-0.1, -0.05) is 0 Å². The van der Waals surface area contributed by atoms with E-state index in [1.165, 1.54) is 0 Å². The number of carboxylic acid groups (broad SMARTS) is 1. The smallest absolute Gasteiger partial charge is 0.124 e. The van der Waals surface area contributed by atoms with Gasteiger partial charge in [-0.25, -0.2) is 0 Å². The van der Waals surface area contributed by atoms with Gasteiger partial charge >= 0.3 is 0 Å². The minimum atomic E-state index is -1.04. The zero-order valence-electron chi connectivity index (χ0n) is 6.84. The summed E-state index contributed by atoms with van der Waals surface area (Å²) >= 11 is 0. The summed E-state index contributed by atoms with van der Waals surface area (Å²) in [6.45, 7) is 0.924. The van der Waals surface area contributed by atoms with Gasteiger partial charge < -0.3 is 21.4 Å². The van der Waals surface area contributed by atoms with Crippen LogP contribution in [-0.2, 0) is 4.79 Å². The first-order valence-electron chi connectivity index (χ1n) is 4.01. The van der Waals surface area contributed by atoms with Crippen LogP contribution in [0.1, 0.15) is 25.7 Å². The van der Waals surface area contributed by atoms with E-state index in [1.807, 2.05) is 0 Å². The molecule has 0 aromatic rings. The van der Waals surface area contributed by atoms with Gasteiger partial charge in [-0.05, 0) is 19.3 Å². The first-order valence-corrected chi connectivity index (χ1v) is 4.01. The predicted octanol–water partition coefficient (Wildman–Crippen LogP) is -2.85. The number of unbranched alkanes of at least 4 members (excludes halogenated alkanes) is 2. The van der Waals surface area contributed by atoms with Gasteiger partial charge in [0.15, 0.2) is 0 Å². The van der Waals surface area contributed by atoms with Gasteiger partial charge in [0.05, 0.1) is 12.5 Å². The molecule has 0 bridgehead atoms. The van der Waals surface area contributed by atoms with Crippen LogP contribution in [0, 0.1) is 0 Å². The topological polar surface area (TPSA) is 95.4 Å². The van der Waals surface area contributed by atoms with E-state index in [-0.39, 0.29) is 0 Å². The molecule has 4 nitrogen and oxygen atoms in total. The fourth-order valence-corrected chi connectivity index (χ4v) is 0.862. The number of rotatable bonds is 6. The van der Waals surface area contributed by atoms with Crippen LogP contribution in [0.15, 0.2) is 0 Å². The van der Waals surface area contributed by atoms with Crippen molar-refractivity contribution < 1.29 is 21.4 Å². The second kappa shape index (κ2) is 6.12. The van der Waals surface area contributed by atoms with E-state index < -0.39 is 12.0 Å². The molecule has 6 N–H and O–H groups in total. The molecule has 0 saturated heterocycles. The van der Waals surface area contributed by atoms with Gasteiger partial charge in [0.25, 0.3) is 0 Å². The van der Waals surface area contributed by atoms with Crippen LogP contribution < -0.4 is 16.6 Å². The van der Waals surface area contributed by atoms with Crippen molar-refractivity contribution in [2.45, 2.75) is 31.7 Å². The Morgan fingerprint density at radius 3 is 2.45 bits per heavy atom. The highest BCUT2D eigenvalue weighted by atomic mass is 16.4. The summed E-state index contributed by atoms with van der Waals surface area (Å²) in [6, 6.07) is -0.542. The summed E-state index contributed by atoms with van der Waals surface area (Å²) in [5.41, 5.74) is 7.15. The van der Waals surface area contributed by atoms with E-state index in [4.69, 9.17) is 0 Å². The molecule has 0 unspecified atom stereocenters. The van der Waals surface area contributed by atoms with Crippen LogP contribution in [0.2, 0.25) is 0 Å². The SMILES string of the molecule is [NH3+]CCCCC[C@H]([NH3+])C(=O)[O-]. The normalized spacial score (nSPS) is 12.9. The van der Waals surface area contributed by atoms with Gasteiger partial charge in [-0.15, -0.1) is 0 Å². The van der Waals surface area contributed by atoms with Crippen molar-refractivity contribution in [1.82, 2.24) is 0 Å². The molecule has 4 heteroatoms. The fraction of sp³-hybridized carbons (Fsp3) is 0.857. The molecular formula is C7H17N2O2+. The molecule has 0 radical (unpaired) electrons. The minimum Gasteiger partial charge on any atom is -0.544 e. The quantitative estimate of drug-likeness (QED) is 0.410. The Balaban J connectivity index is 3.17. The maximum atomic E-state index is 10.2. The molecule has 0 aliphatic heterocycles. The molecule has 0 aromatic carbocycles. The van der Waals surface area contributed by atoms with Crippen molar-refractivity contribution in [3.63, 3.8) is 0 Å². The number of hydrogen-bond donors (Lipinski definition) is 2. The zero-order chi connectivity index (χ0) is 8.69.